The summed E-state index contributed by atoms with van der Waals surface area (Å²) in [5.41, 5.74) is 3.26. The fraction of sp³-hybridized carbons (Fsp3) is 0.280. The molecular formula is C25H25Cl2N7O2. The first-order valence-electron chi connectivity index (χ1n) is 11.5. The number of β-amino-alcohol motifs (C(OH)–C–C–N with tert-alkyl or cyclic N) is 1. The number of rotatable bonds is 5. The number of para-hydroxylation sites is 1. The molecule has 0 fully saturated rings. The minimum Gasteiger partial charge on any atom is -0.392 e. The number of hydrogen-bond donors (Lipinski definition) is 3. The van der Waals surface area contributed by atoms with Gasteiger partial charge in [0, 0.05) is 38.6 Å². The number of aliphatic hydroxyl groups is 1. The molecular weight excluding hydrogens is 501 g/mol. The molecule has 0 amide bonds. The van der Waals surface area contributed by atoms with E-state index in [0.29, 0.717) is 23.5 Å². The number of nitrogens with zero attached hydrogens (tertiary/aromatic N) is 5. The molecule has 4 aromatic rings. The zero-order valence-electron chi connectivity index (χ0n) is 19.8. The van der Waals surface area contributed by atoms with Crippen LogP contribution < -0.4 is 16.5 Å². The predicted octanol–water partition coefficient (Wildman–Crippen LogP) is 3.39. The lowest BCUT2D eigenvalue weighted by Gasteiger charge is -2.29. The topological polar surface area (TPSA) is 112 Å². The highest BCUT2D eigenvalue weighted by molar-refractivity contribution is 6.37. The normalized spacial score (nSPS) is 14.6. The number of nitrogens with one attached hydrogen (secondary N) is 2. The molecule has 0 aliphatic carbocycles. The largest absolute Gasteiger partial charge is 0.392 e. The monoisotopic (exact) mass is 525 g/mol. The smallest absolute Gasteiger partial charge is 0.335 e. The summed E-state index contributed by atoms with van der Waals surface area (Å²) >= 11 is 12.6. The van der Waals surface area contributed by atoms with Crippen LogP contribution in [0, 0.1) is 5.41 Å². The van der Waals surface area contributed by atoms with Crippen LogP contribution in [0.4, 0.5) is 11.6 Å². The van der Waals surface area contributed by atoms with Crippen LogP contribution in [0.2, 0.25) is 10.0 Å². The van der Waals surface area contributed by atoms with Gasteiger partial charge in [0.2, 0.25) is 5.95 Å². The van der Waals surface area contributed by atoms with Gasteiger partial charge in [0.25, 0.3) is 0 Å². The highest BCUT2D eigenvalue weighted by Crippen LogP contribution is 2.27. The highest BCUT2D eigenvalue weighted by Gasteiger charge is 2.19. The van der Waals surface area contributed by atoms with Crippen molar-refractivity contribution in [3.8, 4) is 5.69 Å². The number of halogens is 2. The maximum absolute atomic E-state index is 13.2. The van der Waals surface area contributed by atoms with Crippen molar-refractivity contribution < 1.29 is 5.11 Å². The van der Waals surface area contributed by atoms with Crippen molar-refractivity contribution in [2.45, 2.75) is 26.0 Å². The van der Waals surface area contributed by atoms with Crippen LogP contribution in [0.15, 0.2) is 47.4 Å². The molecule has 0 saturated heterocycles. The summed E-state index contributed by atoms with van der Waals surface area (Å²) in [6.45, 7) is 4.15. The second-order valence-electron chi connectivity index (χ2n) is 8.97. The molecule has 0 spiro atoms. The van der Waals surface area contributed by atoms with E-state index in [2.05, 4.69) is 32.3 Å². The number of aryl methyl sites for hydroxylation is 1. The van der Waals surface area contributed by atoms with Gasteiger partial charge in [-0.05, 0) is 48.7 Å². The van der Waals surface area contributed by atoms with E-state index in [4.69, 9.17) is 28.6 Å². The molecule has 0 radical (unpaired) electrons. The molecule has 0 unspecified atom stereocenters. The van der Waals surface area contributed by atoms with Gasteiger partial charge in [-0.25, -0.2) is 14.3 Å². The van der Waals surface area contributed by atoms with Gasteiger partial charge in [0.05, 0.1) is 27.2 Å². The average molecular weight is 526 g/mol. The van der Waals surface area contributed by atoms with Crippen LogP contribution in [0.1, 0.15) is 18.1 Å². The van der Waals surface area contributed by atoms with Gasteiger partial charge in [-0.15, -0.1) is 0 Å². The molecule has 2 aromatic heterocycles. The van der Waals surface area contributed by atoms with Crippen LogP contribution in [0.25, 0.3) is 16.7 Å². The van der Waals surface area contributed by atoms with Gasteiger partial charge < -0.3 is 10.4 Å². The van der Waals surface area contributed by atoms with E-state index in [-0.39, 0.29) is 27.3 Å². The summed E-state index contributed by atoms with van der Waals surface area (Å²) in [5, 5.41) is 22.5. The quantitative estimate of drug-likeness (QED) is 0.368. The molecule has 1 atom stereocenters. The lowest BCUT2D eigenvalue weighted by atomic mass is 9.99. The Morgan fingerprint density at radius 3 is 2.67 bits per heavy atom. The molecule has 5 rings (SSSR count). The molecule has 0 saturated carbocycles. The summed E-state index contributed by atoms with van der Waals surface area (Å²) in [7, 11) is 1.58. The number of anilines is 2. The molecule has 2 aromatic carbocycles. The summed E-state index contributed by atoms with van der Waals surface area (Å²) in [4.78, 5) is 24.4. The summed E-state index contributed by atoms with van der Waals surface area (Å²) < 4.78 is 2.51. The minimum absolute atomic E-state index is 0.106. The van der Waals surface area contributed by atoms with Crippen LogP contribution in [0.5, 0.6) is 0 Å². The van der Waals surface area contributed by atoms with E-state index in [1.807, 2.05) is 6.07 Å². The Morgan fingerprint density at radius 2 is 1.94 bits per heavy atom. The Labute approximate surface area is 217 Å². The molecule has 1 aliphatic rings. The van der Waals surface area contributed by atoms with Crippen molar-refractivity contribution in [1.82, 2.24) is 24.0 Å². The Balaban J connectivity index is 1.49. The number of aromatic nitrogens is 4. The summed E-state index contributed by atoms with van der Waals surface area (Å²) in [6.07, 6.45) is 2.05. The fourth-order valence-corrected chi connectivity index (χ4v) is 5.14. The molecule has 9 nitrogen and oxygen atoms in total. The zero-order chi connectivity index (χ0) is 25.6. The molecule has 11 heteroatoms. The van der Waals surface area contributed by atoms with E-state index >= 15 is 0 Å². The molecule has 0 bridgehead atoms. The fourth-order valence-electron chi connectivity index (χ4n) is 4.57. The van der Waals surface area contributed by atoms with Crippen molar-refractivity contribution in [2.75, 3.05) is 18.4 Å². The Bertz CT molecular complexity index is 1580. The van der Waals surface area contributed by atoms with E-state index in [0.717, 1.165) is 29.8 Å². The maximum atomic E-state index is 13.2. The van der Waals surface area contributed by atoms with E-state index in [9.17, 15) is 9.90 Å². The van der Waals surface area contributed by atoms with Gasteiger partial charge in [0.1, 0.15) is 5.49 Å². The molecule has 36 heavy (non-hydrogen) atoms. The van der Waals surface area contributed by atoms with Crippen molar-refractivity contribution in [3.63, 3.8) is 0 Å². The first kappa shape index (κ1) is 24.5. The third-order valence-corrected chi connectivity index (χ3v) is 6.89. The first-order chi connectivity index (χ1) is 17.2. The van der Waals surface area contributed by atoms with Gasteiger partial charge >= 0.3 is 5.69 Å². The highest BCUT2D eigenvalue weighted by atomic mass is 35.5. The predicted molar refractivity (Wildman–Crippen MR) is 140 cm³/mol. The molecule has 3 N–H and O–H groups in total. The van der Waals surface area contributed by atoms with Crippen LogP contribution in [-0.2, 0) is 20.0 Å². The van der Waals surface area contributed by atoms with Crippen LogP contribution in [-0.4, -0.2) is 48.3 Å². The lowest BCUT2D eigenvalue weighted by molar-refractivity contribution is 0.119. The SMILES string of the molecule is C[C@H](O)CN1CCc2cc(Nc3ncc4c(=N)n(-c5c(Cl)cccc5Cl)c(=O)n(C)c4n3)ccc2C1. The van der Waals surface area contributed by atoms with Crippen LogP contribution in [0.3, 0.4) is 0 Å². The summed E-state index contributed by atoms with van der Waals surface area (Å²) in [6, 6.07) is 11.0. The molecule has 3 heterocycles. The standard InChI is InChI=1S/C25H25Cl2N7O2/c1-14(35)12-33-9-8-15-10-17(7-6-16(15)13-33)30-24-29-11-18-22(28)34(25(36)32(2)23(18)31-24)21-19(26)4-3-5-20(21)27/h3-7,10-11,14,28,35H,8-9,12-13H2,1-2H3,(H,29,30,31)/t14-/m0/s1. The summed E-state index contributed by atoms with van der Waals surface area (Å²) in [5.74, 6) is 0.317. The Hall–Kier alpha value is -3.24. The van der Waals surface area contributed by atoms with E-state index < -0.39 is 5.69 Å². The van der Waals surface area contributed by atoms with Crippen molar-refractivity contribution in [2.24, 2.45) is 7.05 Å². The lowest BCUT2D eigenvalue weighted by Crippen LogP contribution is -2.38. The third kappa shape index (κ3) is 4.51. The maximum Gasteiger partial charge on any atom is 0.335 e. The number of fused-ring (bicyclic) bond motifs is 2. The zero-order valence-corrected chi connectivity index (χ0v) is 21.3. The minimum atomic E-state index is -0.498. The number of hydrogen-bond acceptors (Lipinski definition) is 7. The van der Waals surface area contributed by atoms with Crippen molar-refractivity contribution in [3.05, 3.63) is 79.7 Å². The van der Waals surface area contributed by atoms with E-state index in [1.165, 1.54) is 21.9 Å². The number of benzene rings is 2. The molecule has 1 aliphatic heterocycles. The Morgan fingerprint density at radius 1 is 1.19 bits per heavy atom. The van der Waals surface area contributed by atoms with E-state index in [1.54, 1.807) is 32.2 Å². The first-order valence-corrected chi connectivity index (χ1v) is 12.3. The van der Waals surface area contributed by atoms with Gasteiger partial charge in [0.15, 0.2) is 5.65 Å². The number of aliphatic hydroxyl groups excluding tert-OH is 1. The van der Waals surface area contributed by atoms with Crippen LogP contribution >= 0.6 is 23.2 Å². The van der Waals surface area contributed by atoms with Gasteiger partial charge in [-0.2, -0.15) is 4.98 Å². The van der Waals surface area contributed by atoms with Crippen molar-refractivity contribution >= 4 is 45.9 Å². The second-order valence-corrected chi connectivity index (χ2v) is 9.78. The van der Waals surface area contributed by atoms with Gasteiger partial charge in [-0.3, -0.25) is 14.9 Å². The second kappa shape index (κ2) is 9.67. The molecule has 186 valence electrons. The Kier molecular flexibility index (Phi) is 6.57. The average Bonchev–Trinajstić information content (AvgIpc) is 2.84. The van der Waals surface area contributed by atoms with Crippen molar-refractivity contribution in [1.29, 1.82) is 5.41 Å². The third-order valence-electron chi connectivity index (χ3n) is 6.28. The van der Waals surface area contributed by atoms with Gasteiger partial charge in [-0.1, -0.05) is 35.3 Å².